The van der Waals surface area contributed by atoms with Gasteiger partial charge in [0.2, 0.25) is 5.95 Å². The van der Waals surface area contributed by atoms with Crippen LogP contribution in [0.15, 0.2) is 39.3 Å². The SMILES string of the molecule is C.CSc1ncc2cc(C)c(=O)n(C)c2n1.Cc1cc2cnc(NC3CCC(O)CC3)nc2n(C)c1=O.NC1CCC(O)CC1. The maximum Gasteiger partial charge on any atom is 0.254 e. The minimum atomic E-state index is -0.177. The molecule has 6 rings (SSSR count). The Morgan fingerprint density at radius 1 is 0.800 bits per heavy atom. The third-order valence-electron chi connectivity index (χ3n) is 8.19. The lowest BCUT2D eigenvalue weighted by molar-refractivity contribution is 0.123. The van der Waals surface area contributed by atoms with Gasteiger partial charge in [0, 0.05) is 60.5 Å². The fourth-order valence-electron chi connectivity index (χ4n) is 5.47. The zero-order valence-corrected chi connectivity index (χ0v) is 27.0. The molecule has 0 spiro atoms. The second-order valence-electron chi connectivity index (χ2n) is 11.7. The number of thioether (sulfide) groups is 1. The van der Waals surface area contributed by atoms with Gasteiger partial charge in [-0.1, -0.05) is 19.2 Å². The van der Waals surface area contributed by atoms with Gasteiger partial charge >= 0.3 is 0 Å². The fourth-order valence-corrected chi connectivity index (χ4v) is 5.81. The predicted octanol–water partition coefficient (Wildman–Crippen LogP) is 3.60. The quantitative estimate of drug-likeness (QED) is 0.190. The molecule has 2 saturated carbocycles. The van der Waals surface area contributed by atoms with Gasteiger partial charge in [-0.25, -0.2) is 15.0 Å². The van der Waals surface area contributed by atoms with Gasteiger partial charge in [0.25, 0.3) is 11.1 Å². The molecule has 0 bridgehead atoms. The molecule has 0 amide bonds. The van der Waals surface area contributed by atoms with Crippen molar-refractivity contribution in [2.24, 2.45) is 19.8 Å². The Morgan fingerprint density at radius 3 is 1.76 bits per heavy atom. The molecule has 2 aliphatic carbocycles. The summed E-state index contributed by atoms with van der Waals surface area (Å²) in [5.74, 6) is 0.544. The molecule has 4 heterocycles. The number of hydrogen-bond acceptors (Lipinski definition) is 11. The summed E-state index contributed by atoms with van der Waals surface area (Å²) in [6.45, 7) is 3.59. The van der Waals surface area contributed by atoms with Gasteiger partial charge in [-0.15, -0.1) is 0 Å². The molecule has 4 aromatic heterocycles. The minimum Gasteiger partial charge on any atom is -0.393 e. The third kappa shape index (κ3) is 9.32. The molecule has 0 aliphatic heterocycles. The number of pyridine rings is 2. The summed E-state index contributed by atoms with van der Waals surface area (Å²) >= 11 is 1.46. The molecule has 0 saturated heterocycles. The van der Waals surface area contributed by atoms with Crippen molar-refractivity contribution in [3.05, 3.63) is 56.4 Å². The summed E-state index contributed by atoms with van der Waals surface area (Å²) < 4.78 is 3.12. The number of fused-ring (bicyclic) bond motifs is 2. The van der Waals surface area contributed by atoms with Crippen molar-refractivity contribution < 1.29 is 10.2 Å². The average molecular weight is 641 g/mol. The van der Waals surface area contributed by atoms with E-state index in [1.165, 1.54) is 11.8 Å². The molecule has 0 unspecified atom stereocenters. The lowest BCUT2D eigenvalue weighted by Crippen LogP contribution is -2.29. The van der Waals surface area contributed by atoms with Crippen LogP contribution in [0.4, 0.5) is 5.95 Å². The Balaban J connectivity index is 0.000000201. The molecule has 246 valence electrons. The van der Waals surface area contributed by atoms with E-state index in [4.69, 9.17) is 10.8 Å². The minimum absolute atomic E-state index is 0. The highest BCUT2D eigenvalue weighted by Crippen LogP contribution is 2.22. The summed E-state index contributed by atoms with van der Waals surface area (Å²) in [6.07, 6.45) is 12.4. The van der Waals surface area contributed by atoms with Crippen LogP contribution in [0.5, 0.6) is 0 Å². The van der Waals surface area contributed by atoms with E-state index in [-0.39, 0.29) is 36.8 Å². The number of nitrogens with zero attached hydrogens (tertiary/aromatic N) is 6. The number of rotatable bonds is 3. The first kappa shape index (κ1) is 36.1. The molecule has 0 atom stereocenters. The Kier molecular flexibility index (Phi) is 13.0. The maximum absolute atomic E-state index is 12.0. The topological polar surface area (TPSA) is 174 Å². The van der Waals surface area contributed by atoms with Crippen LogP contribution >= 0.6 is 11.8 Å². The van der Waals surface area contributed by atoms with Crippen molar-refractivity contribution in [1.82, 2.24) is 29.1 Å². The zero-order valence-electron chi connectivity index (χ0n) is 26.2. The molecule has 2 aliphatic rings. The van der Waals surface area contributed by atoms with Gasteiger partial charge in [-0.2, -0.15) is 4.98 Å². The second kappa shape index (κ2) is 16.3. The van der Waals surface area contributed by atoms with E-state index in [0.29, 0.717) is 39.6 Å². The van der Waals surface area contributed by atoms with Gasteiger partial charge < -0.3 is 21.3 Å². The molecule has 5 N–H and O–H groups in total. The maximum atomic E-state index is 12.0. The lowest BCUT2D eigenvalue weighted by Gasteiger charge is -2.26. The van der Waals surface area contributed by atoms with Crippen molar-refractivity contribution in [2.45, 2.75) is 102 Å². The van der Waals surface area contributed by atoms with E-state index in [0.717, 1.165) is 62.1 Å². The largest absolute Gasteiger partial charge is 0.393 e. The van der Waals surface area contributed by atoms with Crippen LogP contribution < -0.4 is 22.2 Å². The first-order chi connectivity index (χ1) is 21.0. The molecule has 0 radical (unpaired) electrons. The molecule has 12 nitrogen and oxygen atoms in total. The average Bonchev–Trinajstić information content (AvgIpc) is 3.02. The Morgan fingerprint density at radius 2 is 1.27 bits per heavy atom. The van der Waals surface area contributed by atoms with Gasteiger partial charge in [0.05, 0.1) is 12.2 Å². The number of anilines is 1. The van der Waals surface area contributed by atoms with E-state index < -0.39 is 0 Å². The summed E-state index contributed by atoms with van der Waals surface area (Å²) in [6, 6.07) is 4.28. The Bertz CT molecular complexity index is 1680. The second-order valence-corrected chi connectivity index (χ2v) is 12.5. The van der Waals surface area contributed by atoms with Crippen LogP contribution in [0.1, 0.15) is 69.9 Å². The van der Waals surface area contributed by atoms with Crippen LogP contribution in [-0.4, -0.2) is 69.8 Å². The number of aryl methyl sites for hydroxylation is 4. The van der Waals surface area contributed by atoms with Crippen molar-refractivity contribution >= 4 is 39.8 Å². The van der Waals surface area contributed by atoms with Crippen molar-refractivity contribution in [3.8, 4) is 0 Å². The molecule has 2 fully saturated rings. The highest BCUT2D eigenvalue weighted by molar-refractivity contribution is 7.98. The van der Waals surface area contributed by atoms with E-state index >= 15 is 0 Å². The van der Waals surface area contributed by atoms with E-state index in [9.17, 15) is 14.7 Å². The van der Waals surface area contributed by atoms with Gasteiger partial charge in [-0.3, -0.25) is 18.7 Å². The van der Waals surface area contributed by atoms with Crippen molar-refractivity contribution in [1.29, 1.82) is 0 Å². The molecule has 13 heteroatoms. The number of aliphatic hydroxyl groups excluding tert-OH is 2. The van der Waals surface area contributed by atoms with Gasteiger partial charge in [0.1, 0.15) is 11.3 Å². The lowest BCUT2D eigenvalue weighted by atomic mass is 9.93. The van der Waals surface area contributed by atoms with Crippen molar-refractivity contribution in [2.75, 3.05) is 11.6 Å². The normalized spacial score (nSPS) is 21.2. The summed E-state index contributed by atoms with van der Waals surface area (Å²) in [7, 11) is 3.46. The first-order valence-corrected chi connectivity index (χ1v) is 16.3. The van der Waals surface area contributed by atoms with Crippen LogP contribution in [0, 0.1) is 13.8 Å². The highest BCUT2D eigenvalue weighted by atomic mass is 32.2. The third-order valence-corrected chi connectivity index (χ3v) is 8.75. The number of nitrogens with one attached hydrogen (secondary N) is 1. The summed E-state index contributed by atoms with van der Waals surface area (Å²) in [5.41, 5.74) is 8.27. The fraction of sp³-hybridized carbons (Fsp3) is 0.562. The molecule has 0 aromatic carbocycles. The number of aromatic nitrogens is 6. The summed E-state index contributed by atoms with van der Waals surface area (Å²) in [4.78, 5) is 40.9. The Hall–Kier alpha value is -3.39. The molecular formula is C32H48N8O4S. The zero-order chi connectivity index (χ0) is 32.0. The van der Waals surface area contributed by atoms with Crippen LogP contribution in [0.25, 0.3) is 22.1 Å². The van der Waals surface area contributed by atoms with Crippen molar-refractivity contribution in [3.63, 3.8) is 0 Å². The van der Waals surface area contributed by atoms with E-state index in [1.54, 1.807) is 49.5 Å². The predicted molar refractivity (Wildman–Crippen MR) is 182 cm³/mol. The molecular weight excluding hydrogens is 592 g/mol. The molecule has 45 heavy (non-hydrogen) atoms. The van der Waals surface area contributed by atoms with Gasteiger partial charge in [-0.05, 0) is 83.6 Å². The first-order valence-electron chi connectivity index (χ1n) is 15.1. The number of nitrogens with two attached hydrogens (primary N) is 1. The van der Waals surface area contributed by atoms with Crippen LogP contribution in [-0.2, 0) is 14.1 Å². The highest BCUT2D eigenvalue weighted by Gasteiger charge is 2.20. The van der Waals surface area contributed by atoms with Crippen LogP contribution in [0.2, 0.25) is 0 Å². The van der Waals surface area contributed by atoms with Gasteiger partial charge in [0.15, 0.2) is 5.16 Å². The Labute approximate surface area is 268 Å². The standard InChI is InChI=1S/C15H20N4O2.C10H11N3OS.C6H13NO.CH4/c1-9-7-10-8-16-15(18-13(10)19(2)14(9)21)17-11-3-5-12(20)6-4-11;1-6-4-7-5-11-10(15-3)12-8(7)13(2)9(6)14;7-5-1-3-6(8)4-2-5;/h7-8,11-12,20H,3-6H2,1-2H3,(H,16,17,18);4-5H,1-3H3;5-6,8H,1-4,7H2;1H4. The smallest absolute Gasteiger partial charge is 0.254 e. The van der Waals surface area contributed by atoms with Crippen LogP contribution in [0.3, 0.4) is 0 Å². The molecule has 4 aromatic rings. The number of hydrogen-bond donors (Lipinski definition) is 4. The number of aliphatic hydroxyl groups is 2. The summed E-state index contributed by atoms with van der Waals surface area (Å²) in [5, 5.41) is 24.2. The van der Waals surface area contributed by atoms with E-state index in [1.807, 2.05) is 18.4 Å². The van der Waals surface area contributed by atoms with E-state index in [2.05, 4.69) is 25.3 Å². The monoisotopic (exact) mass is 640 g/mol.